The first kappa shape index (κ1) is 18.8. The molecule has 1 saturated heterocycles. The zero-order valence-corrected chi connectivity index (χ0v) is 16.0. The molecule has 0 saturated carbocycles. The van der Waals surface area contributed by atoms with Crippen molar-refractivity contribution < 1.29 is 9.53 Å². The van der Waals surface area contributed by atoms with Gasteiger partial charge in [0.2, 0.25) is 11.9 Å². The van der Waals surface area contributed by atoms with Crippen LogP contribution in [0.4, 0.5) is 5.95 Å². The topological polar surface area (TPSA) is 67.4 Å². The summed E-state index contributed by atoms with van der Waals surface area (Å²) in [5.41, 5.74) is 2.15. The van der Waals surface area contributed by atoms with E-state index in [2.05, 4.69) is 27.4 Å². The number of hydrogen-bond donors (Lipinski definition) is 1. The fourth-order valence-corrected chi connectivity index (χ4v) is 3.79. The lowest BCUT2D eigenvalue weighted by Crippen LogP contribution is -2.44. The van der Waals surface area contributed by atoms with Crippen LogP contribution in [-0.2, 0) is 9.53 Å². The Morgan fingerprint density at radius 1 is 1.23 bits per heavy atom. The van der Waals surface area contributed by atoms with Gasteiger partial charge in [-0.15, -0.1) is 0 Å². The summed E-state index contributed by atoms with van der Waals surface area (Å²) in [5.74, 6) is 0.907. The summed E-state index contributed by atoms with van der Waals surface area (Å²) in [6.07, 6.45) is 8.87. The molecule has 0 radical (unpaired) electrons. The predicted octanol–water partition coefficient (Wildman–Crippen LogP) is 2.87. The molecule has 0 unspecified atom stereocenters. The zero-order chi connectivity index (χ0) is 18.4. The number of ether oxygens (including phenoxy) is 1. The number of likely N-dealkylation sites (tertiary alicyclic amines) is 1. The van der Waals surface area contributed by atoms with Crippen molar-refractivity contribution in [3.63, 3.8) is 0 Å². The van der Waals surface area contributed by atoms with Gasteiger partial charge in [-0.2, -0.15) is 0 Å². The molecule has 6 heteroatoms. The van der Waals surface area contributed by atoms with Gasteiger partial charge in [0.15, 0.2) is 0 Å². The molecule has 1 fully saturated rings. The summed E-state index contributed by atoms with van der Waals surface area (Å²) >= 11 is 0. The first-order valence-corrected chi connectivity index (χ1v) is 9.63. The standard InChI is InChI=1S/C20H30N4O2/c1-16-14-17(2)23-19(22-16)21-10-5-6-18(25)24-11-8-20(9-12-24)7-3-4-13-26-15-20/h3-4,14H,5-13,15H2,1-2H3,(H,21,22,23). The lowest BCUT2D eigenvalue weighted by Gasteiger charge is -2.40. The monoisotopic (exact) mass is 358 g/mol. The van der Waals surface area contributed by atoms with E-state index in [1.54, 1.807) is 0 Å². The lowest BCUT2D eigenvalue weighted by molar-refractivity contribution is -0.134. The third-order valence-electron chi connectivity index (χ3n) is 5.35. The Morgan fingerprint density at radius 3 is 2.69 bits per heavy atom. The molecule has 0 aromatic carbocycles. The largest absolute Gasteiger partial charge is 0.377 e. The molecule has 3 rings (SSSR count). The summed E-state index contributed by atoms with van der Waals surface area (Å²) in [4.78, 5) is 23.2. The molecular formula is C20H30N4O2. The number of nitrogens with zero attached hydrogens (tertiary/aromatic N) is 3. The molecule has 6 nitrogen and oxygen atoms in total. The summed E-state index contributed by atoms with van der Waals surface area (Å²) in [5, 5.41) is 3.22. The van der Waals surface area contributed by atoms with Crippen molar-refractivity contribution in [1.29, 1.82) is 0 Å². The molecule has 0 aliphatic carbocycles. The van der Waals surface area contributed by atoms with E-state index >= 15 is 0 Å². The van der Waals surface area contributed by atoms with E-state index in [-0.39, 0.29) is 11.3 Å². The van der Waals surface area contributed by atoms with E-state index in [0.29, 0.717) is 18.9 Å². The van der Waals surface area contributed by atoms with Gasteiger partial charge in [0.05, 0.1) is 13.2 Å². The molecule has 1 amide bonds. The van der Waals surface area contributed by atoms with Crippen molar-refractivity contribution in [2.45, 2.75) is 46.0 Å². The Bertz CT molecular complexity index is 631. The van der Waals surface area contributed by atoms with E-state index in [1.165, 1.54) is 0 Å². The van der Waals surface area contributed by atoms with Crippen LogP contribution in [0.5, 0.6) is 0 Å². The fraction of sp³-hybridized carbons (Fsp3) is 0.650. The second-order valence-corrected chi connectivity index (χ2v) is 7.58. The fourth-order valence-electron chi connectivity index (χ4n) is 3.79. The van der Waals surface area contributed by atoms with Crippen molar-refractivity contribution in [2.24, 2.45) is 5.41 Å². The normalized spacial score (nSPS) is 19.4. The average molecular weight is 358 g/mol. The highest BCUT2D eigenvalue weighted by molar-refractivity contribution is 5.76. The number of rotatable bonds is 5. The van der Waals surface area contributed by atoms with Crippen LogP contribution >= 0.6 is 0 Å². The highest BCUT2D eigenvalue weighted by Gasteiger charge is 2.35. The molecule has 0 atom stereocenters. The van der Waals surface area contributed by atoms with Gasteiger partial charge >= 0.3 is 0 Å². The smallest absolute Gasteiger partial charge is 0.223 e. The van der Waals surface area contributed by atoms with E-state index in [1.807, 2.05) is 24.8 Å². The number of amides is 1. The van der Waals surface area contributed by atoms with Crippen LogP contribution in [0.3, 0.4) is 0 Å². The highest BCUT2D eigenvalue weighted by atomic mass is 16.5. The molecule has 2 aliphatic heterocycles. The minimum atomic E-state index is 0.242. The van der Waals surface area contributed by atoms with E-state index in [0.717, 1.165) is 63.4 Å². The Morgan fingerprint density at radius 2 is 1.96 bits per heavy atom. The van der Waals surface area contributed by atoms with Crippen LogP contribution in [0.2, 0.25) is 0 Å². The molecule has 1 spiro atoms. The van der Waals surface area contributed by atoms with Crippen molar-refractivity contribution >= 4 is 11.9 Å². The Kier molecular flexibility index (Phi) is 6.25. The summed E-state index contributed by atoms with van der Waals surface area (Å²) in [7, 11) is 0. The quantitative estimate of drug-likeness (QED) is 0.647. The predicted molar refractivity (Wildman–Crippen MR) is 102 cm³/mol. The van der Waals surface area contributed by atoms with Crippen LogP contribution in [0.1, 0.15) is 43.5 Å². The van der Waals surface area contributed by atoms with E-state index in [9.17, 15) is 4.79 Å². The Hall–Kier alpha value is -1.95. The summed E-state index contributed by atoms with van der Waals surface area (Å²) in [6, 6.07) is 1.95. The number of anilines is 1. The SMILES string of the molecule is Cc1cc(C)nc(NCCCC(=O)N2CCC3(CC=CCOC3)CC2)n1. The number of carbonyl (C=O) groups excluding carboxylic acids is 1. The summed E-state index contributed by atoms with van der Waals surface area (Å²) < 4.78 is 5.71. The molecule has 3 heterocycles. The summed E-state index contributed by atoms with van der Waals surface area (Å²) in [6.45, 7) is 7.88. The molecular weight excluding hydrogens is 328 g/mol. The van der Waals surface area contributed by atoms with Crippen LogP contribution in [0.15, 0.2) is 18.2 Å². The Balaban J connectivity index is 1.38. The molecule has 2 aliphatic rings. The number of carbonyl (C=O) groups is 1. The van der Waals surface area contributed by atoms with Crippen LogP contribution in [-0.4, -0.2) is 53.6 Å². The number of hydrogen-bond acceptors (Lipinski definition) is 5. The van der Waals surface area contributed by atoms with Crippen LogP contribution in [0.25, 0.3) is 0 Å². The molecule has 0 bridgehead atoms. The van der Waals surface area contributed by atoms with Gasteiger partial charge in [0.25, 0.3) is 0 Å². The van der Waals surface area contributed by atoms with Crippen molar-refractivity contribution in [1.82, 2.24) is 14.9 Å². The number of piperidine rings is 1. The maximum absolute atomic E-state index is 12.5. The molecule has 142 valence electrons. The molecule has 1 aromatic rings. The lowest BCUT2D eigenvalue weighted by atomic mass is 9.76. The second-order valence-electron chi connectivity index (χ2n) is 7.58. The number of aromatic nitrogens is 2. The minimum absolute atomic E-state index is 0.242. The van der Waals surface area contributed by atoms with Gasteiger partial charge in [0, 0.05) is 42.9 Å². The zero-order valence-electron chi connectivity index (χ0n) is 16.0. The number of allylic oxidation sites excluding steroid dienone is 1. The van der Waals surface area contributed by atoms with Crippen molar-refractivity contribution in [2.75, 3.05) is 38.2 Å². The Labute approximate surface area is 156 Å². The van der Waals surface area contributed by atoms with Gasteiger partial charge in [-0.25, -0.2) is 9.97 Å². The van der Waals surface area contributed by atoms with Crippen molar-refractivity contribution in [3.05, 3.63) is 29.6 Å². The number of nitrogens with one attached hydrogen (secondary N) is 1. The average Bonchev–Trinajstić information content (AvgIpc) is 2.84. The van der Waals surface area contributed by atoms with Crippen LogP contribution < -0.4 is 5.32 Å². The van der Waals surface area contributed by atoms with Gasteiger partial charge < -0.3 is 15.0 Å². The van der Waals surface area contributed by atoms with Gasteiger partial charge in [-0.05, 0) is 45.6 Å². The third-order valence-corrected chi connectivity index (χ3v) is 5.35. The molecule has 1 N–H and O–H groups in total. The minimum Gasteiger partial charge on any atom is -0.377 e. The van der Waals surface area contributed by atoms with Gasteiger partial charge in [-0.1, -0.05) is 12.2 Å². The third kappa shape index (κ3) is 5.04. The first-order chi connectivity index (χ1) is 12.6. The maximum atomic E-state index is 12.5. The van der Waals surface area contributed by atoms with Gasteiger partial charge in [-0.3, -0.25) is 4.79 Å². The maximum Gasteiger partial charge on any atom is 0.223 e. The molecule has 26 heavy (non-hydrogen) atoms. The van der Waals surface area contributed by atoms with Crippen LogP contribution in [0, 0.1) is 19.3 Å². The van der Waals surface area contributed by atoms with Crippen molar-refractivity contribution in [3.8, 4) is 0 Å². The first-order valence-electron chi connectivity index (χ1n) is 9.63. The molecule has 1 aromatic heterocycles. The second kappa shape index (κ2) is 8.62. The van der Waals surface area contributed by atoms with E-state index < -0.39 is 0 Å². The van der Waals surface area contributed by atoms with E-state index in [4.69, 9.17) is 4.74 Å². The van der Waals surface area contributed by atoms with Gasteiger partial charge in [0.1, 0.15) is 0 Å². The number of aryl methyl sites for hydroxylation is 2. The highest BCUT2D eigenvalue weighted by Crippen LogP contribution is 2.37.